The summed E-state index contributed by atoms with van der Waals surface area (Å²) in [5.74, 6) is 1.53. The van der Waals surface area contributed by atoms with Gasteiger partial charge in [-0.2, -0.15) is 5.26 Å². The molecule has 0 N–H and O–H groups in total. The summed E-state index contributed by atoms with van der Waals surface area (Å²) in [4.78, 5) is 9.64. The van der Waals surface area contributed by atoms with Gasteiger partial charge in [-0.3, -0.25) is 4.90 Å². The van der Waals surface area contributed by atoms with Gasteiger partial charge in [-0.25, -0.2) is 4.98 Å². The van der Waals surface area contributed by atoms with Gasteiger partial charge in [0.2, 0.25) is 0 Å². The number of rotatable bonds is 6. The third-order valence-corrected chi connectivity index (χ3v) is 6.45. The van der Waals surface area contributed by atoms with Crippen molar-refractivity contribution < 1.29 is 9.47 Å². The van der Waals surface area contributed by atoms with Crippen LogP contribution in [-0.4, -0.2) is 50.3 Å². The molecule has 0 saturated carbocycles. The van der Waals surface area contributed by atoms with Crippen molar-refractivity contribution in [3.05, 3.63) is 59.1 Å². The highest BCUT2D eigenvalue weighted by Crippen LogP contribution is 2.35. The number of thiazole rings is 1. The zero-order valence-corrected chi connectivity index (χ0v) is 18.7. The van der Waals surface area contributed by atoms with Gasteiger partial charge in [0.25, 0.3) is 0 Å². The van der Waals surface area contributed by atoms with Crippen molar-refractivity contribution in [3.63, 3.8) is 0 Å². The third-order valence-electron chi connectivity index (χ3n) is 5.53. The highest BCUT2D eigenvalue weighted by atomic mass is 32.1. The molecule has 1 aromatic heterocycles. The number of aromatic nitrogens is 1. The second-order valence-corrected chi connectivity index (χ2v) is 8.31. The Labute approximate surface area is 187 Å². The molecule has 0 spiro atoms. The minimum atomic E-state index is 0.744. The quantitative estimate of drug-likeness (QED) is 0.573. The Kier molecular flexibility index (Phi) is 6.70. The molecule has 1 saturated heterocycles. The SMILES string of the molecule is COc1ccc(-c2nc(CN3CCCN(c4ccccc4C#N)CC3)cs2)c(OC)c1. The van der Waals surface area contributed by atoms with E-state index in [1.807, 2.05) is 42.5 Å². The Morgan fingerprint density at radius 3 is 2.74 bits per heavy atom. The first-order valence-corrected chi connectivity index (χ1v) is 11.2. The maximum absolute atomic E-state index is 9.42. The van der Waals surface area contributed by atoms with Gasteiger partial charge < -0.3 is 14.4 Å². The molecule has 1 fully saturated rings. The van der Waals surface area contributed by atoms with E-state index in [1.54, 1.807) is 25.6 Å². The monoisotopic (exact) mass is 434 g/mol. The zero-order valence-electron chi connectivity index (χ0n) is 17.9. The van der Waals surface area contributed by atoms with Crippen LogP contribution >= 0.6 is 11.3 Å². The summed E-state index contributed by atoms with van der Waals surface area (Å²) in [5, 5.41) is 12.5. The van der Waals surface area contributed by atoms with Crippen molar-refractivity contribution in [1.29, 1.82) is 5.26 Å². The van der Waals surface area contributed by atoms with E-state index in [0.29, 0.717) is 0 Å². The first-order valence-electron chi connectivity index (χ1n) is 10.3. The fraction of sp³-hybridized carbons (Fsp3) is 0.333. The van der Waals surface area contributed by atoms with E-state index in [9.17, 15) is 5.26 Å². The maximum Gasteiger partial charge on any atom is 0.132 e. The van der Waals surface area contributed by atoms with Gasteiger partial charge in [0.1, 0.15) is 22.6 Å². The first-order chi connectivity index (χ1) is 15.2. The number of hydrogen-bond acceptors (Lipinski definition) is 7. The number of hydrogen-bond donors (Lipinski definition) is 0. The molecule has 160 valence electrons. The smallest absolute Gasteiger partial charge is 0.132 e. The molecular formula is C24H26N4O2S. The molecule has 0 unspecified atom stereocenters. The summed E-state index contributed by atoms with van der Waals surface area (Å²) in [6, 6.07) is 16.0. The van der Waals surface area contributed by atoms with Crippen molar-refractivity contribution >= 4 is 17.0 Å². The Balaban J connectivity index is 1.43. The molecular weight excluding hydrogens is 408 g/mol. The summed E-state index contributed by atoms with van der Waals surface area (Å²) in [6.45, 7) is 4.65. The Hall–Kier alpha value is -3.08. The molecule has 7 heteroatoms. The van der Waals surface area contributed by atoms with Gasteiger partial charge in [-0.1, -0.05) is 12.1 Å². The summed E-state index contributed by atoms with van der Waals surface area (Å²) >= 11 is 1.64. The highest BCUT2D eigenvalue weighted by Gasteiger charge is 2.19. The van der Waals surface area contributed by atoms with Crippen molar-refractivity contribution in [3.8, 4) is 28.1 Å². The normalized spacial score (nSPS) is 14.7. The summed E-state index contributed by atoms with van der Waals surface area (Å²) in [5.41, 5.74) is 3.83. The number of nitrogens with zero attached hydrogens (tertiary/aromatic N) is 4. The molecule has 0 bridgehead atoms. The summed E-state index contributed by atoms with van der Waals surface area (Å²) in [6.07, 6.45) is 1.06. The fourth-order valence-electron chi connectivity index (χ4n) is 3.92. The van der Waals surface area contributed by atoms with Crippen LogP contribution in [0.3, 0.4) is 0 Å². The molecule has 31 heavy (non-hydrogen) atoms. The number of benzene rings is 2. The molecule has 1 aliphatic rings. The molecule has 0 atom stereocenters. The number of nitriles is 1. The number of ether oxygens (including phenoxy) is 2. The van der Waals surface area contributed by atoms with E-state index in [0.717, 1.165) is 78.2 Å². The van der Waals surface area contributed by atoms with E-state index in [1.165, 1.54) is 0 Å². The predicted molar refractivity (Wildman–Crippen MR) is 124 cm³/mol. The third kappa shape index (κ3) is 4.82. The van der Waals surface area contributed by atoms with Gasteiger partial charge >= 0.3 is 0 Å². The lowest BCUT2D eigenvalue weighted by Crippen LogP contribution is -2.30. The Bertz CT molecular complexity index is 1080. The Morgan fingerprint density at radius 1 is 1.06 bits per heavy atom. The van der Waals surface area contributed by atoms with E-state index in [4.69, 9.17) is 14.5 Å². The van der Waals surface area contributed by atoms with Crippen LogP contribution in [0.5, 0.6) is 11.5 Å². The van der Waals surface area contributed by atoms with Gasteiger partial charge in [0.15, 0.2) is 0 Å². The van der Waals surface area contributed by atoms with Crippen molar-refractivity contribution in [2.45, 2.75) is 13.0 Å². The largest absolute Gasteiger partial charge is 0.497 e. The van der Waals surface area contributed by atoms with Crippen molar-refractivity contribution in [2.24, 2.45) is 0 Å². The highest BCUT2D eigenvalue weighted by molar-refractivity contribution is 7.13. The van der Waals surface area contributed by atoms with Crippen LogP contribution in [-0.2, 0) is 6.54 Å². The van der Waals surface area contributed by atoms with Crippen LogP contribution in [0.2, 0.25) is 0 Å². The van der Waals surface area contributed by atoms with Crippen LogP contribution in [0, 0.1) is 11.3 Å². The van der Waals surface area contributed by atoms with E-state index < -0.39 is 0 Å². The number of para-hydroxylation sites is 1. The Morgan fingerprint density at radius 2 is 1.94 bits per heavy atom. The molecule has 1 aliphatic heterocycles. The topological polar surface area (TPSA) is 61.6 Å². The molecule has 0 aliphatic carbocycles. The summed E-state index contributed by atoms with van der Waals surface area (Å²) in [7, 11) is 3.32. The molecule has 4 rings (SSSR count). The van der Waals surface area contributed by atoms with Gasteiger partial charge in [-0.15, -0.1) is 11.3 Å². The standard InChI is InChI=1S/C24H26N4O2S/c1-29-20-8-9-21(23(14-20)30-2)24-26-19(17-31-24)16-27-10-5-11-28(13-12-27)22-7-4-3-6-18(22)15-25/h3-4,6-9,14,17H,5,10-13,16H2,1-2H3. The summed E-state index contributed by atoms with van der Waals surface area (Å²) < 4.78 is 10.8. The van der Waals surface area contributed by atoms with Crippen molar-refractivity contribution in [2.75, 3.05) is 45.3 Å². The molecule has 2 aromatic carbocycles. The van der Waals surface area contributed by atoms with E-state index in [-0.39, 0.29) is 0 Å². The van der Waals surface area contributed by atoms with Crippen LogP contribution in [0.25, 0.3) is 10.6 Å². The maximum atomic E-state index is 9.42. The second kappa shape index (κ2) is 9.82. The molecule has 0 amide bonds. The van der Waals surface area contributed by atoms with Crippen LogP contribution in [0.1, 0.15) is 17.7 Å². The zero-order chi connectivity index (χ0) is 21.6. The molecule has 6 nitrogen and oxygen atoms in total. The van der Waals surface area contributed by atoms with Crippen molar-refractivity contribution in [1.82, 2.24) is 9.88 Å². The number of methoxy groups -OCH3 is 2. The molecule has 2 heterocycles. The minimum Gasteiger partial charge on any atom is -0.497 e. The predicted octanol–water partition coefficient (Wildman–Crippen LogP) is 4.41. The lowest BCUT2D eigenvalue weighted by molar-refractivity contribution is 0.282. The second-order valence-electron chi connectivity index (χ2n) is 7.46. The molecule has 0 radical (unpaired) electrons. The lowest BCUT2D eigenvalue weighted by Gasteiger charge is -2.24. The van der Waals surface area contributed by atoms with Gasteiger partial charge in [-0.05, 0) is 30.7 Å². The van der Waals surface area contributed by atoms with Crippen LogP contribution < -0.4 is 14.4 Å². The minimum absolute atomic E-state index is 0.744. The van der Waals surface area contributed by atoms with Crippen LogP contribution in [0.15, 0.2) is 47.8 Å². The number of anilines is 1. The van der Waals surface area contributed by atoms with E-state index >= 15 is 0 Å². The first kappa shape index (κ1) is 21.2. The fourth-order valence-corrected chi connectivity index (χ4v) is 4.76. The van der Waals surface area contributed by atoms with E-state index in [2.05, 4.69) is 21.2 Å². The van der Waals surface area contributed by atoms with Crippen LogP contribution in [0.4, 0.5) is 5.69 Å². The van der Waals surface area contributed by atoms with Gasteiger partial charge in [0.05, 0.1) is 36.7 Å². The lowest BCUT2D eigenvalue weighted by atomic mass is 10.1. The molecule has 3 aromatic rings. The van der Waals surface area contributed by atoms with Gasteiger partial charge in [0, 0.05) is 44.2 Å². The average Bonchev–Trinajstić information content (AvgIpc) is 3.15. The average molecular weight is 435 g/mol.